The first-order chi connectivity index (χ1) is 44.2. The minimum absolute atomic E-state index is 0.124. The highest BCUT2D eigenvalue weighted by atomic mass is 16.8. The Morgan fingerprint density at radius 1 is 0.435 bits per heavy atom. The lowest BCUT2D eigenvalue weighted by molar-refractivity contribution is -0.373. The topological polar surface area (TPSA) is 415 Å². The van der Waals surface area contributed by atoms with E-state index in [-0.39, 0.29) is 12.8 Å². The van der Waals surface area contributed by atoms with Crippen molar-refractivity contribution in [1.29, 1.82) is 0 Å². The Morgan fingerprint density at radius 2 is 0.837 bits per heavy atom. The van der Waals surface area contributed by atoms with Gasteiger partial charge in [-0.2, -0.15) is 0 Å². The number of hydrogen-bond donors (Lipinski definition) is 16. The fraction of sp³-hybridized carbons (Fsp3) is 0.970. The second-order valence-corrected chi connectivity index (χ2v) is 26.4. The summed E-state index contributed by atoms with van der Waals surface area (Å²) in [6.07, 6.45) is -3.30. The second-order valence-electron chi connectivity index (χ2n) is 26.4. The molecule has 0 spiro atoms. The summed E-state index contributed by atoms with van der Waals surface area (Å²) in [4.78, 5) is 26.3. The molecule has 4 aliphatic heterocycles. The average molecular weight is 1330 g/mol. The van der Waals surface area contributed by atoms with Gasteiger partial charge in [0.25, 0.3) is 0 Å². The van der Waals surface area contributed by atoms with Crippen LogP contribution >= 0.6 is 0 Å². The molecule has 0 unspecified atom stereocenters. The highest BCUT2D eigenvalue weighted by molar-refractivity contribution is 5.80. The molecule has 26 nitrogen and oxygen atoms in total. The summed E-state index contributed by atoms with van der Waals surface area (Å²) in [5.74, 6) is -1.55. The minimum atomic E-state index is -2.10. The quantitative estimate of drug-likeness (QED) is 0.0389. The lowest BCUT2D eigenvalue weighted by atomic mass is 9.95. The van der Waals surface area contributed by atoms with Crippen LogP contribution in [0.25, 0.3) is 0 Å². The van der Waals surface area contributed by atoms with Gasteiger partial charge in [0.2, 0.25) is 11.8 Å². The van der Waals surface area contributed by atoms with Crippen LogP contribution in [-0.2, 0) is 47.5 Å². The summed E-state index contributed by atoms with van der Waals surface area (Å²) < 4.78 is 47.1. The Morgan fingerprint density at radius 3 is 1.32 bits per heavy atom. The van der Waals surface area contributed by atoms with Crippen LogP contribution in [0.2, 0.25) is 0 Å². The van der Waals surface area contributed by atoms with Crippen molar-refractivity contribution in [1.82, 2.24) is 10.6 Å². The molecule has 16 N–H and O–H groups in total. The number of aliphatic hydroxyl groups is 14. The molecule has 4 fully saturated rings. The molecule has 4 heterocycles. The van der Waals surface area contributed by atoms with Crippen LogP contribution < -0.4 is 10.6 Å². The van der Waals surface area contributed by atoms with Gasteiger partial charge in [0.05, 0.1) is 44.7 Å². The van der Waals surface area contributed by atoms with E-state index in [0.29, 0.717) is 12.8 Å². The second kappa shape index (κ2) is 46.4. The fourth-order valence-electron chi connectivity index (χ4n) is 12.6. The molecule has 4 aliphatic rings. The van der Waals surface area contributed by atoms with E-state index in [9.17, 15) is 81.1 Å². The molecular formula is C66H124N2O24. The van der Waals surface area contributed by atoms with E-state index in [0.717, 1.165) is 64.7 Å². The molecule has 0 aromatic heterocycles. The third-order valence-corrected chi connectivity index (χ3v) is 18.6. The van der Waals surface area contributed by atoms with Gasteiger partial charge < -0.3 is 120 Å². The lowest BCUT2D eigenvalue weighted by Gasteiger charge is -2.48. The molecule has 26 heteroatoms. The van der Waals surface area contributed by atoms with E-state index in [4.69, 9.17) is 37.9 Å². The molecule has 542 valence electrons. The van der Waals surface area contributed by atoms with E-state index in [1.54, 1.807) is 0 Å². The van der Waals surface area contributed by atoms with Crippen molar-refractivity contribution in [3.63, 3.8) is 0 Å². The Balaban J connectivity index is 1.41. The van der Waals surface area contributed by atoms with Crippen LogP contribution in [0.3, 0.4) is 0 Å². The first-order valence-electron chi connectivity index (χ1n) is 35.3. The van der Waals surface area contributed by atoms with Gasteiger partial charge in [-0.25, -0.2) is 0 Å². The summed E-state index contributed by atoms with van der Waals surface area (Å²) in [5.41, 5.74) is 0. The molecule has 0 aromatic rings. The number of hydrogen-bond acceptors (Lipinski definition) is 24. The van der Waals surface area contributed by atoms with Crippen LogP contribution in [-0.4, -0.2) is 257 Å². The van der Waals surface area contributed by atoms with Crippen LogP contribution in [0.15, 0.2) is 0 Å². The van der Waals surface area contributed by atoms with E-state index in [2.05, 4.69) is 24.5 Å². The number of aliphatic hydroxyl groups excluding tert-OH is 14. The lowest BCUT2D eigenvalue weighted by Crippen LogP contribution is -2.68. The predicted octanol–water partition coefficient (Wildman–Crippen LogP) is 2.54. The van der Waals surface area contributed by atoms with Crippen molar-refractivity contribution in [2.45, 2.75) is 380 Å². The SMILES string of the molecule is CCCCCCCCCCCCCCCCCCCC[C@@H](O)C(=O)N[C@@H](CO[C@H]1O[C@H](CO)[C@H](O)[C@H](O)[C@H]1O[C@H]1O[C@H](CO[C@@H]2O[C@H](CO)[C@H](O)[C@H](O[C@@H]3O[C@@H](C)[C@H](O)[C@@H](O)[C@H]3O)[C@H]2NC(C)=O)[C@H](O)[C@H](O)[C@H]1O)[C@H](O)[C@H](O)CCCCCCCCCCCCCC. The summed E-state index contributed by atoms with van der Waals surface area (Å²) in [6, 6.07) is -2.93. The third-order valence-electron chi connectivity index (χ3n) is 18.6. The minimum Gasteiger partial charge on any atom is -0.394 e. The van der Waals surface area contributed by atoms with Crippen LogP contribution in [0, 0.1) is 0 Å². The highest BCUT2D eigenvalue weighted by Gasteiger charge is 2.54. The van der Waals surface area contributed by atoms with Crippen molar-refractivity contribution < 1.29 is 119 Å². The summed E-state index contributed by atoms with van der Waals surface area (Å²) in [7, 11) is 0. The molecule has 92 heavy (non-hydrogen) atoms. The zero-order chi connectivity index (χ0) is 67.5. The van der Waals surface area contributed by atoms with Gasteiger partial charge in [-0.15, -0.1) is 0 Å². The molecule has 0 aliphatic carbocycles. The maximum absolute atomic E-state index is 13.7. The van der Waals surface area contributed by atoms with Crippen LogP contribution in [0.4, 0.5) is 0 Å². The van der Waals surface area contributed by atoms with Gasteiger partial charge in [0, 0.05) is 6.92 Å². The van der Waals surface area contributed by atoms with Gasteiger partial charge >= 0.3 is 0 Å². The molecule has 0 aromatic carbocycles. The molecule has 4 rings (SSSR count). The number of carbonyl (C=O) groups is 2. The molecule has 24 atom stereocenters. The van der Waals surface area contributed by atoms with E-state index in [1.165, 1.54) is 129 Å². The van der Waals surface area contributed by atoms with Gasteiger partial charge in [-0.05, 0) is 19.8 Å². The highest BCUT2D eigenvalue weighted by Crippen LogP contribution is 2.34. The molecular weight excluding hydrogens is 1200 g/mol. The van der Waals surface area contributed by atoms with Crippen molar-refractivity contribution >= 4 is 11.8 Å². The Kier molecular flexibility index (Phi) is 41.6. The zero-order valence-electron chi connectivity index (χ0n) is 55.7. The van der Waals surface area contributed by atoms with E-state index >= 15 is 0 Å². The van der Waals surface area contributed by atoms with E-state index < -0.39 is 185 Å². The Hall–Kier alpha value is -1.94. The Bertz CT molecular complexity index is 1910. The maximum Gasteiger partial charge on any atom is 0.249 e. The van der Waals surface area contributed by atoms with Crippen molar-refractivity contribution in [3.05, 3.63) is 0 Å². The van der Waals surface area contributed by atoms with Crippen LogP contribution in [0.1, 0.15) is 233 Å². The normalized spacial score (nSPS) is 33.3. The number of rotatable bonds is 49. The van der Waals surface area contributed by atoms with Crippen molar-refractivity contribution in [2.75, 3.05) is 26.4 Å². The summed E-state index contributed by atoms with van der Waals surface area (Å²) in [6.45, 7) is 3.78. The standard InChI is InChI=1S/C66H124N2O24/c1-5-7-9-11-13-15-17-19-20-21-22-23-24-26-28-30-32-34-36-45(73)62(84)68-43(51(75)44(72)35-33-31-29-27-25-18-16-14-12-10-8-6-2)39-85-66-61(57(81)52(76)46(37-69)89-66)92-65-59(83)56(80)53(77)48(90-65)40-86-63-49(67-42(4)71)60(54(78)47(38-70)88-63)91-64-58(82)55(79)50(74)41(3)87-64/h41,43-61,63-66,69-70,72-83H,5-40H2,1-4H3,(H,67,71)(H,68,84)/t41-,43-,44+,45+,46+,47+,48+,49+,50-,51-,52-,53-,54-,55+,56-,57-,58+,59+,60+,61+,63+,64-,65+,66-/m0/s1. The van der Waals surface area contributed by atoms with Gasteiger partial charge in [-0.3, -0.25) is 9.59 Å². The first kappa shape index (κ1) is 82.5. The van der Waals surface area contributed by atoms with Gasteiger partial charge in [-0.1, -0.05) is 206 Å². The average Bonchev–Trinajstić information content (AvgIpc) is 0.806. The molecule has 0 radical (unpaired) electrons. The Labute approximate surface area is 546 Å². The number of ether oxygens (including phenoxy) is 8. The number of nitrogens with one attached hydrogen (secondary N) is 2. The predicted molar refractivity (Wildman–Crippen MR) is 337 cm³/mol. The van der Waals surface area contributed by atoms with Gasteiger partial charge in [0.1, 0.15) is 104 Å². The monoisotopic (exact) mass is 1330 g/mol. The molecule has 0 saturated carbocycles. The molecule has 0 bridgehead atoms. The summed E-state index contributed by atoms with van der Waals surface area (Å²) >= 11 is 0. The zero-order valence-corrected chi connectivity index (χ0v) is 55.7. The fourth-order valence-corrected chi connectivity index (χ4v) is 12.6. The smallest absolute Gasteiger partial charge is 0.249 e. The van der Waals surface area contributed by atoms with E-state index in [1.807, 2.05) is 0 Å². The molecule has 4 saturated heterocycles. The number of amides is 2. The van der Waals surface area contributed by atoms with Crippen LogP contribution in [0.5, 0.6) is 0 Å². The van der Waals surface area contributed by atoms with Gasteiger partial charge in [0.15, 0.2) is 25.2 Å². The molecule has 2 amide bonds. The number of unbranched alkanes of at least 4 members (excludes halogenated alkanes) is 28. The van der Waals surface area contributed by atoms with Crippen molar-refractivity contribution in [3.8, 4) is 0 Å². The third kappa shape index (κ3) is 28.1. The largest absolute Gasteiger partial charge is 0.394 e. The summed E-state index contributed by atoms with van der Waals surface area (Å²) in [5, 5.41) is 159. The maximum atomic E-state index is 13.7. The first-order valence-corrected chi connectivity index (χ1v) is 35.3. The van der Waals surface area contributed by atoms with Crippen molar-refractivity contribution in [2.24, 2.45) is 0 Å². The number of carbonyl (C=O) groups excluding carboxylic acids is 2.